The third-order valence-corrected chi connectivity index (χ3v) is 16.3. The first kappa shape index (κ1) is 46.4. The van der Waals surface area contributed by atoms with Crippen molar-refractivity contribution in [1.29, 1.82) is 0 Å². The molecule has 1 saturated heterocycles. The van der Waals surface area contributed by atoms with Crippen LogP contribution in [0.15, 0.2) is 54.6 Å². The van der Waals surface area contributed by atoms with Gasteiger partial charge in [-0.2, -0.15) is 0 Å². The van der Waals surface area contributed by atoms with Crippen molar-refractivity contribution < 1.29 is 48.2 Å². The average molecular weight is 850 g/mol. The van der Waals surface area contributed by atoms with Crippen LogP contribution in [-0.4, -0.2) is 123 Å². The Morgan fingerprint density at radius 3 is 2.21 bits per heavy atom. The highest BCUT2D eigenvalue weighted by Crippen LogP contribution is 2.80. The Balaban J connectivity index is 1.18. The zero-order valence-corrected chi connectivity index (χ0v) is 37.8. The number of aliphatic hydroxyl groups excluding tert-OH is 1. The van der Waals surface area contributed by atoms with Crippen LogP contribution in [0.5, 0.6) is 0 Å². The minimum atomic E-state index is -1.78. The van der Waals surface area contributed by atoms with Crippen molar-refractivity contribution in [1.82, 2.24) is 4.90 Å². The summed E-state index contributed by atoms with van der Waals surface area (Å²) in [7, 11) is 6.71. The Kier molecular flexibility index (Phi) is 14.9. The highest BCUT2D eigenvalue weighted by atomic mass is 16.6. The summed E-state index contributed by atoms with van der Waals surface area (Å²) in [6, 6.07) is 8.53. The van der Waals surface area contributed by atoms with Crippen LogP contribution in [0.1, 0.15) is 121 Å². The molecule has 0 amide bonds. The lowest BCUT2D eigenvalue weighted by atomic mass is 9.43. The highest BCUT2D eigenvalue weighted by Gasteiger charge is 2.91. The summed E-state index contributed by atoms with van der Waals surface area (Å²) >= 11 is 0. The molecule has 1 spiro atoms. The Morgan fingerprint density at radius 1 is 0.852 bits per heavy atom. The molecule has 1 aromatic rings. The van der Waals surface area contributed by atoms with Gasteiger partial charge in [-0.25, -0.2) is 4.79 Å². The number of methoxy groups -OCH3 is 4. The van der Waals surface area contributed by atoms with Crippen LogP contribution >= 0.6 is 0 Å². The molecule has 11 heteroatoms. The Hall–Kier alpha value is -2.64. The van der Waals surface area contributed by atoms with Gasteiger partial charge in [-0.1, -0.05) is 88.5 Å². The molecule has 6 fully saturated rings. The van der Waals surface area contributed by atoms with E-state index in [1.54, 1.807) is 45.6 Å². The summed E-state index contributed by atoms with van der Waals surface area (Å²) in [5.74, 6) is -2.83. The van der Waals surface area contributed by atoms with Crippen LogP contribution in [0.2, 0.25) is 0 Å². The van der Waals surface area contributed by atoms with E-state index in [1.807, 2.05) is 6.07 Å². The van der Waals surface area contributed by atoms with Crippen molar-refractivity contribution in [2.24, 2.45) is 34.5 Å². The number of carbonyl (C=O) groups is 2. The SMILES string of the molecule is CCCCC/C=C\C/C=C\CCCCCCCC(=O)O[C@]12C(O)[C@H](OC)[C@]3(O)C[C@H]([C@@H]1[C@H]3OC(=O)c1ccccc1)[C@@]13C(OC)CC[C@@]4(COC)CN(CC)[C@@H]1[C@@H]2[C@H](OC)[C@H]43. The topological polar surface area (TPSA) is 133 Å². The number of esters is 2. The molecule has 1 heterocycles. The van der Waals surface area contributed by atoms with E-state index < -0.39 is 70.7 Å². The van der Waals surface area contributed by atoms with Gasteiger partial charge in [-0.15, -0.1) is 0 Å². The van der Waals surface area contributed by atoms with E-state index in [0.717, 1.165) is 64.3 Å². The first-order chi connectivity index (χ1) is 29.6. The first-order valence-corrected chi connectivity index (χ1v) is 23.6. The van der Waals surface area contributed by atoms with Gasteiger partial charge in [0.15, 0.2) is 5.60 Å². The van der Waals surface area contributed by atoms with Gasteiger partial charge in [-0.05, 0) is 82.4 Å². The van der Waals surface area contributed by atoms with E-state index in [0.29, 0.717) is 25.1 Å². The summed E-state index contributed by atoms with van der Waals surface area (Å²) in [5.41, 5.74) is -4.00. The van der Waals surface area contributed by atoms with Crippen molar-refractivity contribution in [3.8, 4) is 0 Å². The van der Waals surface area contributed by atoms with Gasteiger partial charge in [-0.3, -0.25) is 9.69 Å². The fourth-order valence-corrected chi connectivity index (χ4v) is 14.4. The summed E-state index contributed by atoms with van der Waals surface area (Å²) in [6.07, 6.45) is 18.3. The number of hydrogen-bond donors (Lipinski definition) is 2. The average Bonchev–Trinajstić information content (AvgIpc) is 3.64. The summed E-state index contributed by atoms with van der Waals surface area (Å²) < 4.78 is 39.0. The zero-order chi connectivity index (χ0) is 43.4. The second kappa shape index (κ2) is 19.6. The number of ether oxygens (including phenoxy) is 6. The lowest BCUT2D eigenvalue weighted by Crippen LogP contribution is -2.81. The molecular weight excluding hydrogens is 775 g/mol. The lowest BCUT2D eigenvalue weighted by molar-refractivity contribution is -0.318. The minimum absolute atomic E-state index is 0.115. The van der Waals surface area contributed by atoms with Gasteiger partial charge in [0.2, 0.25) is 0 Å². The maximum Gasteiger partial charge on any atom is 0.338 e. The van der Waals surface area contributed by atoms with Crippen molar-refractivity contribution in [3.05, 3.63) is 60.2 Å². The van der Waals surface area contributed by atoms with Crippen molar-refractivity contribution >= 4 is 11.9 Å². The minimum Gasteiger partial charge on any atom is -0.455 e. The molecule has 7 bridgehead atoms. The number of unbranched alkanes of at least 4 members (excludes halogenated alkanes) is 8. The van der Waals surface area contributed by atoms with Gasteiger partial charge in [0.1, 0.15) is 23.9 Å². The Labute approximate surface area is 364 Å². The molecule has 340 valence electrons. The number of hydrogen-bond acceptors (Lipinski definition) is 11. The van der Waals surface area contributed by atoms with Gasteiger partial charge >= 0.3 is 11.9 Å². The van der Waals surface area contributed by atoms with E-state index in [2.05, 4.69) is 43.1 Å². The lowest BCUT2D eigenvalue weighted by Gasteiger charge is -2.69. The molecule has 0 aromatic heterocycles. The normalized spacial score (nSPS) is 39.6. The molecule has 1 aromatic carbocycles. The molecule has 7 rings (SSSR count). The summed E-state index contributed by atoms with van der Waals surface area (Å²) in [6.45, 7) is 6.36. The van der Waals surface area contributed by atoms with E-state index in [4.69, 9.17) is 28.4 Å². The van der Waals surface area contributed by atoms with Crippen molar-refractivity contribution in [3.63, 3.8) is 0 Å². The van der Waals surface area contributed by atoms with E-state index in [1.165, 1.54) is 26.4 Å². The number of allylic oxidation sites excluding steroid dienone is 4. The molecule has 5 aliphatic carbocycles. The quantitative estimate of drug-likeness (QED) is 0.0646. The number of aliphatic hydroxyl groups is 2. The van der Waals surface area contributed by atoms with Crippen LogP contribution in [0.25, 0.3) is 0 Å². The number of likely N-dealkylation sites (tertiary alicyclic amines) is 1. The van der Waals surface area contributed by atoms with E-state index in [9.17, 15) is 19.8 Å². The summed E-state index contributed by atoms with van der Waals surface area (Å²) in [4.78, 5) is 31.1. The molecule has 61 heavy (non-hydrogen) atoms. The standard InChI is InChI=1S/C50H75NO10/c1-7-9-10-11-12-13-14-15-16-17-18-19-20-21-25-28-37(52)61-50-38-35(31-48(55,45(59-6)43(50)53)44(38)60-46(54)34-26-23-22-24-27-34)49-36(57-4)29-30-47(33-56-3)32-51(8-2)42(49)39(50)40(58-5)41(47)49/h12-13,15-16,22-24,26-27,35-36,38-45,53,55H,7-11,14,17-21,25,28-33H2,1-6H3/b13-12-,16-15-/t35-,36?,38-,39+,40+,41-,42-,43?,44-,45+,47+,48+,49+,50-/m1/s1. The molecule has 11 nitrogen and oxygen atoms in total. The maximum atomic E-state index is 14.6. The van der Waals surface area contributed by atoms with Crippen LogP contribution in [-0.2, 0) is 33.2 Å². The Bertz CT molecular complexity index is 1690. The fourth-order valence-electron chi connectivity index (χ4n) is 14.4. The van der Waals surface area contributed by atoms with Crippen LogP contribution in [0, 0.1) is 34.5 Å². The monoisotopic (exact) mass is 850 g/mol. The second-order valence-corrected chi connectivity index (χ2v) is 19.2. The second-order valence-electron chi connectivity index (χ2n) is 19.2. The number of benzene rings is 1. The third kappa shape index (κ3) is 7.67. The largest absolute Gasteiger partial charge is 0.455 e. The summed E-state index contributed by atoms with van der Waals surface area (Å²) in [5, 5.41) is 26.1. The van der Waals surface area contributed by atoms with Gasteiger partial charge in [0, 0.05) is 76.0 Å². The van der Waals surface area contributed by atoms with E-state index >= 15 is 0 Å². The molecule has 6 aliphatic rings. The third-order valence-electron chi connectivity index (χ3n) is 16.3. The van der Waals surface area contributed by atoms with E-state index in [-0.39, 0.29) is 36.3 Å². The predicted molar refractivity (Wildman–Crippen MR) is 233 cm³/mol. The number of rotatable bonds is 23. The fraction of sp³-hybridized carbons (Fsp3) is 0.760. The zero-order valence-electron chi connectivity index (χ0n) is 37.8. The number of carbonyl (C=O) groups excluding carboxylic acids is 2. The maximum absolute atomic E-state index is 14.6. The van der Waals surface area contributed by atoms with Crippen LogP contribution in [0.4, 0.5) is 0 Å². The number of nitrogens with zero attached hydrogens (tertiary/aromatic N) is 1. The molecule has 5 saturated carbocycles. The van der Waals surface area contributed by atoms with Crippen molar-refractivity contribution in [2.75, 3.05) is 48.1 Å². The first-order valence-electron chi connectivity index (χ1n) is 23.6. The smallest absolute Gasteiger partial charge is 0.338 e. The van der Waals surface area contributed by atoms with Gasteiger partial charge in [0.25, 0.3) is 0 Å². The number of piperidine rings is 1. The molecule has 2 N–H and O–H groups in total. The molecule has 0 radical (unpaired) electrons. The van der Waals surface area contributed by atoms with Crippen molar-refractivity contribution in [2.45, 2.75) is 158 Å². The highest BCUT2D eigenvalue weighted by molar-refractivity contribution is 5.89. The molecule has 2 unspecified atom stereocenters. The van der Waals surface area contributed by atoms with Gasteiger partial charge in [0.05, 0.1) is 24.4 Å². The van der Waals surface area contributed by atoms with Crippen LogP contribution < -0.4 is 0 Å². The Morgan fingerprint density at radius 2 is 1.56 bits per heavy atom. The molecular formula is C50H75NO10. The molecule has 14 atom stereocenters. The van der Waals surface area contributed by atoms with Gasteiger partial charge < -0.3 is 38.6 Å². The van der Waals surface area contributed by atoms with Crippen LogP contribution in [0.3, 0.4) is 0 Å². The predicted octanol–water partition coefficient (Wildman–Crippen LogP) is 7.47. The molecule has 1 aliphatic heterocycles. The number of fused-ring (bicyclic) bond motifs is 2.